The highest BCUT2D eigenvalue weighted by Crippen LogP contribution is 2.22. The van der Waals surface area contributed by atoms with Crippen molar-refractivity contribution in [2.24, 2.45) is 0 Å². The Labute approximate surface area is 132 Å². The lowest BCUT2D eigenvalue weighted by atomic mass is 10.0. The summed E-state index contributed by atoms with van der Waals surface area (Å²) in [6, 6.07) is 6.46. The molecular formula is C17H25N3O2. The number of nitrogens with zero attached hydrogens (tertiary/aromatic N) is 3. The maximum Gasteiger partial charge on any atom is 0.320 e. The molecule has 2 aliphatic rings. The normalized spacial score (nSPS) is 19.5. The number of fused-ring (bicyclic) bond motifs is 1. The Morgan fingerprint density at radius 1 is 0.955 bits per heavy atom. The van der Waals surface area contributed by atoms with E-state index in [0.29, 0.717) is 0 Å². The summed E-state index contributed by atoms with van der Waals surface area (Å²) >= 11 is 0. The number of urea groups is 1. The van der Waals surface area contributed by atoms with Gasteiger partial charge in [-0.1, -0.05) is 6.07 Å². The highest BCUT2D eigenvalue weighted by Gasteiger charge is 2.25. The molecule has 1 aromatic carbocycles. The average molecular weight is 303 g/mol. The van der Waals surface area contributed by atoms with Crippen molar-refractivity contribution >= 4 is 6.03 Å². The topological polar surface area (TPSA) is 36.0 Å². The van der Waals surface area contributed by atoms with Gasteiger partial charge in [0.15, 0.2) is 0 Å². The van der Waals surface area contributed by atoms with E-state index in [1.807, 2.05) is 15.9 Å². The zero-order chi connectivity index (χ0) is 15.5. The Hall–Kier alpha value is -1.75. The maximum absolute atomic E-state index is 12.7. The second-order valence-corrected chi connectivity index (χ2v) is 6.19. The van der Waals surface area contributed by atoms with E-state index in [4.69, 9.17) is 4.74 Å². The number of likely N-dealkylation sites (N-methyl/N-ethyl adjacent to an activating group) is 1. The summed E-state index contributed by atoms with van der Waals surface area (Å²) in [5.74, 6) is 0.901. The predicted octanol–water partition coefficient (Wildman–Crippen LogP) is 1.46. The van der Waals surface area contributed by atoms with Crippen LogP contribution in [0.3, 0.4) is 0 Å². The van der Waals surface area contributed by atoms with E-state index in [9.17, 15) is 4.79 Å². The van der Waals surface area contributed by atoms with Gasteiger partial charge < -0.3 is 19.4 Å². The van der Waals surface area contributed by atoms with Crippen LogP contribution in [0.4, 0.5) is 4.79 Å². The van der Waals surface area contributed by atoms with Gasteiger partial charge in [0.05, 0.1) is 7.11 Å². The third-order valence-electron chi connectivity index (χ3n) is 4.76. The summed E-state index contributed by atoms with van der Waals surface area (Å²) < 4.78 is 5.31. The van der Waals surface area contributed by atoms with E-state index < -0.39 is 0 Å². The van der Waals surface area contributed by atoms with Crippen LogP contribution in [-0.4, -0.2) is 74.2 Å². The number of carbonyl (C=O) groups is 1. The van der Waals surface area contributed by atoms with E-state index in [-0.39, 0.29) is 6.03 Å². The van der Waals surface area contributed by atoms with Gasteiger partial charge in [0.2, 0.25) is 0 Å². The number of piperazine rings is 1. The van der Waals surface area contributed by atoms with Gasteiger partial charge in [0, 0.05) is 39.3 Å². The monoisotopic (exact) mass is 303 g/mol. The average Bonchev–Trinajstić information content (AvgIpc) is 2.76. The van der Waals surface area contributed by atoms with Gasteiger partial charge in [-0.2, -0.15) is 0 Å². The number of hydrogen-bond acceptors (Lipinski definition) is 3. The molecule has 22 heavy (non-hydrogen) atoms. The summed E-state index contributed by atoms with van der Waals surface area (Å²) in [4.78, 5) is 19.0. The van der Waals surface area contributed by atoms with Gasteiger partial charge in [-0.15, -0.1) is 0 Å². The standard InChI is InChI=1S/C17H25N3O2/c1-18-9-11-20(12-10-18)17(21)19-7-5-14-3-4-16(22-2)13-15(14)6-8-19/h3-4,13H,5-12H2,1-2H3. The molecule has 0 aromatic heterocycles. The number of rotatable bonds is 1. The second-order valence-electron chi connectivity index (χ2n) is 6.19. The number of hydrogen-bond donors (Lipinski definition) is 0. The van der Waals surface area contributed by atoms with Crippen LogP contribution in [0.5, 0.6) is 5.75 Å². The van der Waals surface area contributed by atoms with Gasteiger partial charge in [-0.3, -0.25) is 0 Å². The molecule has 2 amide bonds. The number of amides is 2. The van der Waals surface area contributed by atoms with Gasteiger partial charge >= 0.3 is 6.03 Å². The molecule has 0 bridgehead atoms. The van der Waals surface area contributed by atoms with Crippen molar-refractivity contribution in [3.05, 3.63) is 29.3 Å². The Balaban J connectivity index is 1.65. The zero-order valence-corrected chi connectivity index (χ0v) is 13.5. The molecule has 0 atom stereocenters. The van der Waals surface area contributed by atoms with Crippen LogP contribution in [0.1, 0.15) is 11.1 Å². The molecular weight excluding hydrogens is 278 g/mol. The summed E-state index contributed by atoms with van der Waals surface area (Å²) in [6.45, 7) is 5.23. The molecule has 0 saturated carbocycles. The first-order valence-electron chi connectivity index (χ1n) is 8.05. The molecule has 2 aliphatic heterocycles. The Kier molecular flexibility index (Phi) is 4.52. The van der Waals surface area contributed by atoms with E-state index in [2.05, 4.69) is 24.1 Å². The fraction of sp³-hybridized carbons (Fsp3) is 0.588. The third-order valence-corrected chi connectivity index (χ3v) is 4.76. The highest BCUT2D eigenvalue weighted by atomic mass is 16.5. The molecule has 5 nitrogen and oxygen atoms in total. The largest absolute Gasteiger partial charge is 0.497 e. The third kappa shape index (κ3) is 3.19. The first-order chi connectivity index (χ1) is 10.7. The quantitative estimate of drug-likeness (QED) is 0.788. The van der Waals surface area contributed by atoms with Crippen molar-refractivity contribution in [1.82, 2.24) is 14.7 Å². The zero-order valence-electron chi connectivity index (χ0n) is 13.5. The Morgan fingerprint density at radius 2 is 1.59 bits per heavy atom. The minimum Gasteiger partial charge on any atom is -0.497 e. The fourth-order valence-corrected chi connectivity index (χ4v) is 3.22. The SMILES string of the molecule is COc1ccc2c(c1)CCN(C(=O)N1CCN(C)CC1)CC2. The van der Waals surface area contributed by atoms with Crippen LogP contribution in [0, 0.1) is 0 Å². The second kappa shape index (κ2) is 6.57. The summed E-state index contributed by atoms with van der Waals surface area (Å²) in [6.07, 6.45) is 1.84. The lowest BCUT2D eigenvalue weighted by molar-refractivity contribution is 0.123. The number of methoxy groups -OCH3 is 1. The molecule has 0 spiro atoms. The molecule has 2 heterocycles. The number of benzene rings is 1. The molecule has 0 aliphatic carbocycles. The van der Waals surface area contributed by atoms with Crippen molar-refractivity contribution in [3.63, 3.8) is 0 Å². The van der Waals surface area contributed by atoms with Crippen molar-refractivity contribution in [3.8, 4) is 5.75 Å². The lowest BCUT2D eigenvalue weighted by Gasteiger charge is -2.35. The van der Waals surface area contributed by atoms with Gasteiger partial charge in [-0.05, 0) is 43.1 Å². The maximum atomic E-state index is 12.7. The van der Waals surface area contributed by atoms with Crippen molar-refractivity contribution in [1.29, 1.82) is 0 Å². The number of carbonyl (C=O) groups excluding carboxylic acids is 1. The van der Waals surface area contributed by atoms with Crippen molar-refractivity contribution in [2.45, 2.75) is 12.8 Å². The first-order valence-corrected chi connectivity index (χ1v) is 8.05. The van der Waals surface area contributed by atoms with Crippen LogP contribution in [0.25, 0.3) is 0 Å². The van der Waals surface area contributed by atoms with Crippen LogP contribution < -0.4 is 4.74 Å². The molecule has 3 rings (SSSR count). The smallest absolute Gasteiger partial charge is 0.320 e. The van der Waals surface area contributed by atoms with Crippen molar-refractivity contribution < 1.29 is 9.53 Å². The molecule has 1 fully saturated rings. The van der Waals surface area contributed by atoms with Crippen LogP contribution in [0.2, 0.25) is 0 Å². The molecule has 0 radical (unpaired) electrons. The van der Waals surface area contributed by atoms with E-state index in [1.54, 1.807) is 7.11 Å². The molecule has 5 heteroatoms. The molecule has 0 N–H and O–H groups in total. The highest BCUT2D eigenvalue weighted by molar-refractivity contribution is 5.74. The number of ether oxygens (including phenoxy) is 1. The minimum absolute atomic E-state index is 0.202. The van der Waals surface area contributed by atoms with Crippen LogP contribution in [0.15, 0.2) is 18.2 Å². The molecule has 1 aromatic rings. The molecule has 1 saturated heterocycles. The Bertz CT molecular complexity index is 539. The van der Waals surface area contributed by atoms with Gasteiger partial charge in [0.1, 0.15) is 5.75 Å². The minimum atomic E-state index is 0.202. The molecule has 120 valence electrons. The Morgan fingerprint density at radius 3 is 2.27 bits per heavy atom. The summed E-state index contributed by atoms with van der Waals surface area (Å²) in [7, 11) is 3.80. The molecule has 0 unspecified atom stereocenters. The lowest BCUT2D eigenvalue weighted by Crippen LogP contribution is -2.52. The van der Waals surface area contributed by atoms with E-state index >= 15 is 0 Å². The summed E-state index contributed by atoms with van der Waals surface area (Å²) in [5, 5.41) is 0. The van der Waals surface area contributed by atoms with Gasteiger partial charge in [-0.25, -0.2) is 4.79 Å². The van der Waals surface area contributed by atoms with Crippen molar-refractivity contribution in [2.75, 3.05) is 53.4 Å². The first kappa shape index (κ1) is 15.2. The predicted molar refractivity (Wildman–Crippen MR) is 86.4 cm³/mol. The van der Waals surface area contributed by atoms with Crippen LogP contribution >= 0.6 is 0 Å². The van der Waals surface area contributed by atoms with E-state index in [1.165, 1.54) is 11.1 Å². The van der Waals surface area contributed by atoms with E-state index in [0.717, 1.165) is 57.9 Å². The fourth-order valence-electron chi connectivity index (χ4n) is 3.22. The summed E-state index contributed by atoms with van der Waals surface area (Å²) in [5.41, 5.74) is 2.66. The van der Waals surface area contributed by atoms with Crippen LogP contribution in [-0.2, 0) is 12.8 Å². The van der Waals surface area contributed by atoms with Gasteiger partial charge in [0.25, 0.3) is 0 Å².